The van der Waals surface area contributed by atoms with E-state index < -0.39 is 5.91 Å². The van der Waals surface area contributed by atoms with E-state index in [1.807, 2.05) is 12.1 Å². The van der Waals surface area contributed by atoms with Crippen molar-refractivity contribution in [2.45, 2.75) is 40.2 Å². The number of esters is 1. The first-order chi connectivity index (χ1) is 12.9. The lowest BCUT2D eigenvalue weighted by atomic mass is 10.0. The van der Waals surface area contributed by atoms with Crippen LogP contribution in [0.1, 0.15) is 48.5 Å². The molecule has 3 rings (SSSR count). The highest BCUT2D eigenvalue weighted by Crippen LogP contribution is 2.23. The molecule has 2 aromatic heterocycles. The van der Waals surface area contributed by atoms with Gasteiger partial charge in [-0.3, -0.25) is 9.59 Å². The number of carbonyl (C=O) groups excluding carboxylic acids is 2. The van der Waals surface area contributed by atoms with E-state index in [4.69, 9.17) is 9.26 Å². The van der Waals surface area contributed by atoms with E-state index in [0.29, 0.717) is 23.1 Å². The van der Waals surface area contributed by atoms with Crippen molar-refractivity contribution < 1.29 is 18.8 Å². The number of aryl methyl sites for hydroxylation is 1. The fourth-order valence-electron chi connectivity index (χ4n) is 2.63. The number of ether oxygens (including phenoxy) is 1. The number of fused-ring (bicyclic) bond motifs is 1. The number of hydrogen-bond acceptors (Lipinski definition) is 6. The minimum absolute atomic E-state index is 0.0151. The van der Waals surface area contributed by atoms with Gasteiger partial charge in [0.15, 0.2) is 10.5 Å². The van der Waals surface area contributed by atoms with E-state index in [9.17, 15) is 9.59 Å². The predicted octanol–water partition coefficient (Wildman–Crippen LogP) is 3.43. The quantitative estimate of drug-likeness (QED) is 0.626. The van der Waals surface area contributed by atoms with Crippen molar-refractivity contribution in [2.75, 3.05) is 6.61 Å². The molecule has 0 N–H and O–H groups in total. The molecule has 1 amide bonds. The highest BCUT2D eigenvalue weighted by atomic mass is 32.1. The van der Waals surface area contributed by atoms with Gasteiger partial charge in [-0.05, 0) is 37.5 Å². The summed E-state index contributed by atoms with van der Waals surface area (Å²) in [6, 6.07) is 7.57. The average molecular weight is 387 g/mol. The lowest BCUT2D eigenvalue weighted by molar-refractivity contribution is -0.143. The van der Waals surface area contributed by atoms with Crippen molar-refractivity contribution in [1.29, 1.82) is 0 Å². The van der Waals surface area contributed by atoms with E-state index in [0.717, 1.165) is 10.2 Å². The SMILES string of the molecule is CCOC(=O)Cn1c(=NC(=O)c2cc(C)on2)sc2cc(C(C)C)ccc21. The van der Waals surface area contributed by atoms with Crippen molar-refractivity contribution in [3.05, 3.63) is 46.1 Å². The van der Waals surface area contributed by atoms with Crippen molar-refractivity contribution >= 4 is 33.4 Å². The van der Waals surface area contributed by atoms with Gasteiger partial charge in [-0.25, -0.2) is 0 Å². The van der Waals surface area contributed by atoms with Crippen LogP contribution in [0.2, 0.25) is 0 Å². The van der Waals surface area contributed by atoms with Crippen LogP contribution in [0.4, 0.5) is 0 Å². The number of hydrogen-bond donors (Lipinski definition) is 0. The van der Waals surface area contributed by atoms with Gasteiger partial charge >= 0.3 is 11.9 Å². The summed E-state index contributed by atoms with van der Waals surface area (Å²) < 4.78 is 12.7. The molecule has 0 bridgehead atoms. The summed E-state index contributed by atoms with van der Waals surface area (Å²) in [7, 11) is 0. The molecule has 0 saturated carbocycles. The molecular weight excluding hydrogens is 366 g/mol. The van der Waals surface area contributed by atoms with Gasteiger partial charge in [0.05, 0.1) is 16.8 Å². The zero-order chi connectivity index (χ0) is 19.6. The first-order valence-electron chi connectivity index (χ1n) is 8.70. The molecule has 0 unspecified atom stereocenters. The number of aromatic nitrogens is 2. The Morgan fingerprint density at radius 1 is 1.33 bits per heavy atom. The van der Waals surface area contributed by atoms with Crippen molar-refractivity contribution in [3.8, 4) is 0 Å². The number of benzene rings is 1. The van der Waals surface area contributed by atoms with Crippen molar-refractivity contribution in [2.24, 2.45) is 4.99 Å². The molecule has 2 heterocycles. The summed E-state index contributed by atoms with van der Waals surface area (Å²) in [6.07, 6.45) is 0. The number of thiazole rings is 1. The number of rotatable bonds is 5. The van der Waals surface area contributed by atoms with Crippen LogP contribution in [0.5, 0.6) is 0 Å². The second-order valence-electron chi connectivity index (χ2n) is 6.40. The largest absolute Gasteiger partial charge is 0.465 e. The molecule has 0 saturated heterocycles. The Balaban J connectivity index is 2.12. The van der Waals surface area contributed by atoms with Gasteiger partial charge in [-0.2, -0.15) is 4.99 Å². The Hall–Kier alpha value is -2.74. The summed E-state index contributed by atoms with van der Waals surface area (Å²) in [4.78, 5) is 29.1. The zero-order valence-electron chi connectivity index (χ0n) is 15.7. The van der Waals surface area contributed by atoms with E-state index in [2.05, 4.69) is 30.1 Å². The maximum Gasteiger partial charge on any atom is 0.326 e. The molecule has 0 aliphatic rings. The Bertz CT molecular complexity index is 1060. The fraction of sp³-hybridized carbons (Fsp3) is 0.368. The minimum atomic E-state index is -0.514. The molecule has 7 nitrogen and oxygen atoms in total. The van der Waals surface area contributed by atoms with Gasteiger partial charge in [0.25, 0.3) is 0 Å². The smallest absolute Gasteiger partial charge is 0.326 e. The molecular formula is C19H21N3O4S. The first kappa shape index (κ1) is 19.0. The molecule has 142 valence electrons. The molecule has 0 atom stereocenters. The predicted molar refractivity (Wildman–Crippen MR) is 102 cm³/mol. The van der Waals surface area contributed by atoms with Crippen LogP contribution < -0.4 is 4.80 Å². The number of nitrogens with zero attached hydrogens (tertiary/aromatic N) is 3. The van der Waals surface area contributed by atoms with E-state index >= 15 is 0 Å². The van der Waals surface area contributed by atoms with E-state index in [1.54, 1.807) is 18.4 Å². The first-order valence-corrected chi connectivity index (χ1v) is 9.52. The molecule has 8 heteroatoms. The normalized spacial score (nSPS) is 12.1. The Morgan fingerprint density at radius 3 is 2.74 bits per heavy atom. The minimum Gasteiger partial charge on any atom is -0.465 e. The van der Waals surface area contributed by atoms with Crippen molar-refractivity contribution in [1.82, 2.24) is 9.72 Å². The molecule has 0 spiro atoms. The summed E-state index contributed by atoms with van der Waals surface area (Å²) in [5.74, 6) is 0.0115. The van der Waals surface area contributed by atoms with Gasteiger partial charge in [-0.15, -0.1) is 0 Å². The third-order valence-electron chi connectivity index (χ3n) is 4.01. The molecule has 1 aromatic carbocycles. The number of amides is 1. The molecule has 0 fully saturated rings. The standard InChI is InChI=1S/C19H21N3O4S/c1-5-25-17(23)10-22-15-7-6-13(11(2)3)9-16(15)27-19(22)20-18(24)14-8-12(4)26-21-14/h6-9,11H,5,10H2,1-4H3. The van der Waals surface area contributed by atoms with Crippen LogP contribution in [0.25, 0.3) is 10.2 Å². The Morgan fingerprint density at radius 2 is 2.11 bits per heavy atom. The Labute approximate surface area is 160 Å². The van der Waals surface area contributed by atoms with Crippen LogP contribution in [0.3, 0.4) is 0 Å². The van der Waals surface area contributed by atoms with Crippen LogP contribution in [0, 0.1) is 6.92 Å². The van der Waals surface area contributed by atoms with Crippen LogP contribution in [-0.4, -0.2) is 28.2 Å². The van der Waals surface area contributed by atoms with Crippen molar-refractivity contribution in [3.63, 3.8) is 0 Å². The van der Waals surface area contributed by atoms with E-state index in [1.165, 1.54) is 23.0 Å². The third-order valence-corrected chi connectivity index (χ3v) is 5.05. The Kier molecular flexibility index (Phi) is 5.55. The molecule has 0 radical (unpaired) electrons. The zero-order valence-corrected chi connectivity index (χ0v) is 16.5. The van der Waals surface area contributed by atoms with Gasteiger partial charge in [0, 0.05) is 6.07 Å². The van der Waals surface area contributed by atoms with Crippen LogP contribution in [0.15, 0.2) is 33.8 Å². The fourth-order valence-corrected chi connectivity index (χ4v) is 3.71. The second kappa shape index (κ2) is 7.87. The highest BCUT2D eigenvalue weighted by molar-refractivity contribution is 7.16. The van der Waals surface area contributed by atoms with Crippen LogP contribution >= 0.6 is 11.3 Å². The summed E-state index contributed by atoms with van der Waals surface area (Å²) in [6.45, 7) is 7.97. The number of carbonyl (C=O) groups is 2. The monoisotopic (exact) mass is 387 g/mol. The third kappa shape index (κ3) is 4.16. The maximum absolute atomic E-state index is 12.4. The topological polar surface area (TPSA) is 86.7 Å². The highest BCUT2D eigenvalue weighted by Gasteiger charge is 2.15. The average Bonchev–Trinajstić information content (AvgIpc) is 3.19. The molecule has 3 aromatic rings. The molecule has 0 aliphatic carbocycles. The van der Waals surface area contributed by atoms with Gasteiger partial charge in [0.1, 0.15) is 12.3 Å². The van der Waals surface area contributed by atoms with Gasteiger partial charge < -0.3 is 13.8 Å². The van der Waals surface area contributed by atoms with Gasteiger partial charge in [0.2, 0.25) is 0 Å². The molecule has 27 heavy (non-hydrogen) atoms. The van der Waals surface area contributed by atoms with Gasteiger partial charge in [-0.1, -0.05) is 36.4 Å². The van der Waals surface area contributed by atoms with Crippen LogP contribution in [-0.2, 0) is 16.1 Å². The lowest BCUT2D eigenvalue weighted by Crippen LogP contribution is -2.23. The summed E-state index contributed by atoms with van der Waals surface area (Å²) in [5, 5.41) is 3.71. The lowest BCUT2D eigenvalue weighted by Gasteiger charge is -2.07. The summed E-state index contributed by atoms with van der Waals surface area (Å²) in [5.41, 5.74) is 2.15. The van der Waals surface area contributed by atoms with E-state index in [-0.39, 0.29) is 18.2 Å². The maximum atomic E-state index is 12.4. The summed E-state index contributed by atoms with van der Waals surface area (Å²) >= 11 is 1.35. The molecule has 0 aliphatic heterocycles. The second-order valence-corrected chi connectivity index (χ2v) is 7.41.